The lowest BCUT2D eigenvalue weighted by Crippen LogP contribution is -2.16. The topological polar surface area (TPSA) is 113 Å². The van der Waals surface area contributed by atoms with E-state index in [1.807, 2.05) is 0 Å². The highest BCUT2D eigenvalue weighted by atomic mass is 31.2. The number of nitrogens with zero attached hydrogens (tertiary/aromatic N) is 1. The van der Waals surface area contributed by atoms with E-state index >= 15 is 0 Å². The zero-order valence-corrected chi connectivity index (χ0v) is 11.4. The standard InChI is InChI=1S/C12H13N2O5P/c1-8(20(17,18)19)13-11-7-6-9-4-2-3-5-10(9)12(11)14(15)16/h2-8,13H,1H3,(H2,17,18,19). The van der Waals surface area contributed by atoms with Crippen molar-refractivity contribution in [2.24, 2.45) is 0 Å². The lowest BCUT2D eigenvalue weighted by molar-refractivity contribution is -0.382. The number of hydrogen-bond acceptors (Lipinski definition) is 4. The minimum atomic E-state index is -4.37. The van der Waals surface area contributed by atoms with Gasteiger partial charge in [-0.3, -0.25) is 14.7 Å². The summed E-state index contributed by atoms with van der Waals surface area (Å²) >= 11 is 0. The predicted octanol–water partition coefficient (Wildman–Crippen LogP) is 2.68. The number of benzene rings is 2. The van der Waals surface area contributed by atoms with E-state index < -0.39 is 18.3 Å². The van der Waals surface area contributed by atoms with Gasteiger partial charge in [-0.05, 0) is 24.4 Å². The normalized spacial score (nSPS) is 13.2. The second-order valence-corrected chi connectivity index (χ2v) is 6.30. The van der Waals surface area contributed by atoms with E-state index in [4.69, 9.17) is 9.79 Å². The van der Waals surface area contributed by atoms with Crippen molar-refractivity contribution in [3.8, 4) is 0 Å². The molecule has 106 valence electrons. The Hall–Kier alpha value is -1.95. The van der Waals surface area contributed by atoms with Gasteiger partial charge in [0.15, 0.2) is 0 Å². The van der Waals surface area contributed by atoms with Crippen LogP contribution >= 0.6 is 7.60 Å². The van der Waals surface area contributed by atoms with Crippen LogP contribution in [0.5, 0.6) is 0 Å². The third-order valence-corrected chi connectivity index (χ3v) is 4.09. The first-order valence-electron chi connectivity index (χ1n) is 5.78. The zero-order chi connectivity index (χ0) is 14.9. The fourth-order valence-corrected chi connectivity index (χ4v) is 2.18. The number of nitro benzene ring substituents is 1. The highest BCUT2D eigenvalue weighted by molar-refractivity contribution is 7.52. The summed E-state index contributed by atoms with van der Waals surface area (Å²) in [6.45, 7) is 1.28. The number of anilines is 1. The molecule has 0 saturated heterocycles. The summed E-state index contributed by atoms with van der Waals surface area (Å²) in [4.78, 5) is 28.8. The van der Waals surface area contributed by atoms with E-state index in [1.54, 1.807) is 30.3 Å². The third kappa shape index (κ3) is 2.80. The second kappa shape index (κ2) is 5.20. The van der Waals surface area contributed by atoms with Crippen LogP contribution in [0.2, 0.25) is 0 Å². The minimum Gasteiger partial charge on any atom is -0.366 e. The summed E-state index contributed by atoms with van der Waals surface area (Å²) in [5, 5.41) is 14.9. The lowest BCUT2D eigenvalue weighted by Gasteiger charge is -2.17. The van der Waals surface area contributed by atoms with Crippen LogP contribution in [0.4, 0.5) is 11.4 Å². The Balaban J connectivity index is 2.56. The molecule has 0 fully saturated rings. The monoisotopic (exact) mass is 296 g/mol. The van der Waals surface area contributed by atoms with E-state index in [9.17, 15) is 14.7 Å². The Morgan fingerprint density at radius 2 is 1.90 bits per heavy atom. The summed E-state index contributed by atoms with van der Waals surface area (Å²) < 4.78 is 11.1. The number of nitrogens with one attached hydrogen (secondary N) is 1. The Kier molecular flexibility index (Phi) is 3.76. The van der Waals surface area contributed by atoms with Crippen LogP contribution in [-0.4, -0.2) is 20.5 Å². The first-order chi connectivity index (χ1) is 9.30. The molecule has 0 aliphatic rings. The van der Waals surface area contributed by atoms with Gasteiger partial charge in [0.1, 0.15) is 11.5 Å². The Labute approximate surface area is 114 Å². The van der Waals surface area contributed by atoms with Gasteiger partial charge in [-0.25, -0.2) is 0 Å². The molecule has 7 nitrogen and oxygen atoms in total. The molecular weight excluding hydrogens is 283 g/mol. The molecule has 0 spiro atoms. The van der Waals surface area contributed by atoms with Crippen molar-refractivity contribution in [3.63, 3.8) is 0 Å². The summed E-state index contributed by atoms with van der Waals surface area (Å²) in [6.07, 6.45) is 0. The van der Waals surface area contributed by atoms with Crippen molar-refractivity contribution in [2.45, 2.75) is 12.7 Å². The quantitative estimate of drug-likeness (QED) is 0.454. The van der Waals surface area contributed by atoms with Gasteiger partial charge >= 0.3 is 7.60 Å². The summed E-state index contributed by atoms with van der Waals surface area (Å²) in [7, 11) is -4.37. The van der Waals surface area contributed by atoms with Crippen LogP contribution in [0, 0.1) is 10.1 Å². The van der Waals surface area contributed by atoms with E-state index in [0.717, 1.165) is 0 Å². The highest BCUT2D eigenvalue weighted by Crippen LogP contribution is 2.43. The van der Waals surface area contributed by atoms with Gasteiger partial charge < -0.3 is 15.1 Å². The maximum atomic E-state index is 11.2. The van der Waals surface area contributed by atoms with Crippen LogP contribution < -0.4 is 5.32 Å². The molecule has 0 amide bonds. The molecule has 0 bridgehead atoms. The maximum absolute atomic E-state index is 11.2. The summed E-state index contributed by atoms with van der Waals surface area (Å²) in [5.74, 6) is -1.21. The third-order valence-electron chi connectivity index (χ3n) is 2.95. The number of fused-ring (bicyclic) bond motifs is 1. The maximum Gasteiger partial charge on any atom is 0.347 e. The van der Waals surface area contributed by atoms with Gasteiger partial charge in [-0.2, -0.15) is 0 Å². The Morgan fingerprint density at radius 1 is 1.25 bits per heavy atom. The largest absolute Gasteiger partial charge is 0.366 e. The molecule has 1 unspecified atom stereocenters. The average Bonchev–Trinajstić information content (AvgIpc) is 2.36. The van der Waals surface area contributed by atoms with Gasteiger partial charge in [-0.1, -0.05) is 24.3 Å². The minimum absolute atomic E-state index is 0.0875. The van der Waals surface area contributed by atoms with Crippen molar-refractivity contribution in [3.05, 3.63) is 46.5 Å². The fraction of sp³-hybridized carbons (Fsp3) is 0.167. The Bertz CT molecular complexity index is 712. The molecule has 0 saturated carbocycles. The molecule has 0 aliphatic carbocycles. The molecule has 2 aromatic rings. The van der Waals surface area contributed by atoms with Gasteiger partial charge in [-0.15, -0.1) is 0 Å². The number of nitro groups is 1. The summed E-state index contributed by atoms with van der Waals surface area (Å²) in [6, 6.07) is 9.88. The molecule has 0 aliphatic heterocycles. The van der Waals surface area contributed by atoms with Gasteiger partial charge in [0.25, 0.3) is 5.69 Å². The molecule has 20 heavy (non-hydrogen) atoms. The van der Waals surface area contributed by atoms with E-state index in [1.165, 1.54) is 13.0 Å². The van der Waals surface area contributed by atoms with Crippen LogP contribution in [-0.2, 0) is 4.57 Å². The van der Waals surface area contributed by atoms with Crippen molar-refractivity contribution in [2.75, 3.05) is 5.32 Å². The number of hydrogen-bond donors (Lipinski definition) is 3. The average molecular weight is 296 g/mol. The van der Waals surface area contributed by atoms with E-state index in [2.05, 4.69) is 5.32 Å². The van der Waals surface area contributed by atoms with Gasteiger partial charge in [0.2, 0.25) is 0 Å². The molecule has 1 atom stereocenters. The van der Waals surface area contributed by atoms with Crippen LogP contribution in [0.1, 0.15) is 6.92 Å². The van der Waals surface area contributed by atoms with Crippen molar-refractivity contribution >= 4 is 29.7 Å². The first kappa shape index (κ1) is 14.5. The van der Waals surface area contributed by atoms with E-state index in [0.29, 0.717) is 10.8 Å². The molecule has 0 heterocycles. The van der Waals surface area contributed by atoms with E-state index in [-0.39, 0.29) is 11.4 Å². The van der Waals surface area contributed by atoms with Crippen molar-refractivity contribution in [1.82, 2.24) is 0 Å². The van der Waals surface area contributed by atoms with Crippen LogP contribution in [0.25, 0.3) is 10.8 Å². The molecular formula is C12H13N2O5P. The van der Waals surface area contributed by atoms with Crippen LogP contribution in [0.3, 0.4) is 0 Å². The van der Waals surface area contributed by atoms with Crippen molar-refractivity contribution < 1.29 is 19.3 Å². The first-order valence-corrected chi connectivity index (χ1v) is 7.47. The molecule has 2 aromatic carbocycles. The second-order valence-electron chi connectivity index (χ2n) is 4.35. The molecule has 0 aromatic heterocycles. The number of rotatable bonds is 4. The van der Waals surface area contributed by atoms with Crippen LogP contribution in [0.15, 0.2) is 36.4 Å². The lowest BCUT2D eigenvalue weighted by atomic mass is 10.1. The molecule has 0 radical (unpaired) electrons. The van der Waals surface area contributed by atoms with Gasteiger partial charge in [0, 0.05) is 0 Å². The highest BCUT2D eigenvalue weighted by Gasteiger charge is 2.27. The fourth-order valence-electron chi connectivity index (χ4n) is 1.88. The zero-order valence-electron chi connectivity index (χ0n) is 10.6. The summed E-state index contributed by atoms with van der Waals surface area (Å²) in [5.41, 5.74) is -0.104. The SMILES string of the molecule is CC(Nc1ccc2ccccc2c1[N+](=O)[O-])P(=O)(O)O. The molecule has 8 heteroatoms. The molecule has 2 rings (SSSR count). The van der Waals surface area contributed by atoms with Gasteiger partial charge in [0.05, 0.1) is 10.3 Å². The Morgan fingerprint density at radius 3 is 2.50 bits per heavy atom. The smallest absolute Gasteiger partial charge is 0.347 e. The molecule has 3 N–H and O–H groups in total. The van der Waals surface area contributed by atoms with Crippen molar-refractivity contribution in [1.29, 1.82) is 0 Å². The predicted molar refractivity (Wildman–Crippen MR) is 75.7 cm³/mol.